The fourth-order valence-electron chi connectivity index (χ4n) is 1.81. The van der Waals surface area contributed by atoms with Crippen LogP contribution >= 0.6 is 0 Å². The van der Waals surface area contributed by atoms with Crippen LogP contribution in [-0.4, -0.2) is 41.0 Å². The highest BCUT2D eigenvalue weighted by Gasteiger charge is 2.47. The van der Waals surface area contributed by atoms with Gasteiger partial charge in [0, 0.05) is 0 Å². The first-order valence-electron chi connectivity index (χ1n) is 6.24. The van der Waals surface area contributed by atoms with E-state index in [0.717, 1.165) is 24.0 Å². The van der Waals surface area contributed by atoms with Gasteiger partial charge in [0.15, 0.2) is 14.5 Å². The molecular formula is C11H18F3N3O3Si. The zero-order valence-corrected chi connectivity index (χ0v) is 13.2. The highest BCUT2D eigenvalue weighted by molar-refractivity contribution is 6.69. The Balaban J connectivity index is 2.90. The van der Waals surface area contributed by atoms with Crippen LogP contribution in [-0.2, 0) is 11.0 Å². The minimum absolute atomic E-state index is 0.466. The normalized spacial score (nSPS) is 16.8. The fraction of sp³-hybridized carbons (Fsp3) is 0.727. The molecule has 1 rings (SSSR count). The maximum atomic E-state index is 14.3. The molecule has 1 aromatic rings. The standard InChI is InChI=1S/C11H18F3N3O3Si/c1-11(10(13)14,20-21(2,3)4)8(12)5-16-6-9(15-7-16)17(18)19/h6-8,10H,5H2,1-4H3. The van der Waals surface area contributed by atoms with Crippen molar-refractivity contribution in [2.75, 3.05) is 0 Å². The Bertz CT molecular complexity index is 506. The number of nitro groups is 1. The van der Waals surface area contributed by atoms with E-state index in [0.29, 0.717) is 0 Å². The van der Waals surface area contributed by atoms with Gasteiger partial charge in [0.25, 0.3) is 6.43 Å². The van der Waals surface area contributed by atoms with Crippen molar-refractivity contribution in [2.45, 2.75) is 51.3 Å². The summed E-state index contributed by atoms with van der Waals surface area (Å²) in [7, 11) is -2.40. The number of alkyl halides is 3. The third kappa shape index (κ3) is 4.53. The maximum absolute atomic E-state index is 14.3. The van der Waals surface area contributed by atoms with E-state index >= 15 is 0 Å². The Hall–Kier alpha value is -1.42. The molecular weight excluding hydrogens is 307 g/mol. The van der Waals surface area contributed by atoms with E-state index in [1.807, 2.05) is 0 Å². The van der Waals surface area contributed by atoms with Gasteiger partial charge < -0.3 is 19.1 Å². The van der Waals surface area contributed by atoms with Crippen LogP contribution in [0, 0.1) is 10.1 Å². The predicted octanol–water partition coefficient (Wildman–Crippen LogP) is 3.00. The summed E-state index contributed by atoms with van der Waals surface area (Å²) in [6, 6.07) is 0. The number of halogens is 3. The van der Waals surface area contributed by atoms with Crippen LogP contribution in [0.4, 0.5) is 19.0 Å². The lowest BCUT2D eigenvalue weighted by atomic mass is 10.0. The molecule has 10 heteroatoms. The average Bonchev–Trinajstić information content (AvgIpc) is 2.74. The first kappa shape index (κ1) is 17.6. The molecule has 0 aliphatic carbocycles. The number of nitrogens with zero attached hydrogens (tertiary/aromatic N) is 3. The van der Waals surface area contributed by atoms with Crippen molar-refractivity contribution in [2.24, 2.45) is 0 Å². The van der Waals surface area contributed by atoms with E-state index < -0.39 is 43.8 Å². The molecule has 0 spiro atoms. The molecule has 0 radical (unpaired) electrons. The van der Waals surface area contributed by atoms with Crippen molar-refractivity contribution in [3.8, 4) is 0 Å². The van der Waals surface area contributed by atoms with Crippen LogP contribution in [0.25, 0.3) is 0 Å². The highest BCUT2D eigenvalue weighted by atomic mass is 28.4. The van der Waals surface area contributed by atoms with Crippen molar-refractivity contribution in [1.82, 2.24) is 9.55 Å². The van der Waals surface area contributed by atoms with Gasteiger partial charge in [-0.3, -0.25) is 0 Å². The molecule has 2 atom stereocenters. The number of hydrogen-bond acceptors (Lipinski definition) is 4. The van der Waals surface area contributed by atoms with Gasteiger partial charge in [-0.05, 0) is 36.5 Å². The summed E-state index contributed by atoms with van der Waals surface area (Å²) in [5.41, 5.74) is -2.26. The van der Waals surface area contributed by atoms with Crippen molar-refractivity contribution < 1.29 is 22.5 Å². The zero-order valence-electron chi connectivity index (χ0n) is 12.2. The second kappa shape index (κ2) is 6.14. The molecule has 0 fully saturated rings. The Morgan fingerprint density at radius 3 is 2.43 bits per heavy atom. The van der Waals surface area contributed by atoms with Crippen LogP contribution in [0.1, 0.15) is 6.92 Å². The average molecular weight is 325 g/mol. The van der Waals surface area contributed by atoms with E-state index in [9.17, 15) is 23.3 Å². The molecule has 120 valence electrons. The number of imidazole rings is 1. The smallest absolute Gasteiger partial charge is 0.381 e. The Kier molecular flexibility index (Phi) is 5.15. The number of rotatable bonds is 7. The van der Waals surface area contributed by atoms with Gasteiger partial charge in [0.2, 0.25) is 6.33 Å². The Morgan fingerprint density at radius 1 is 1.48 bits per heavy atom. The number of hydrogen-bond donors (Lipinski definition) is 0. The Labute approximate surface area is 121 Å². The lowest BCUT2D eigenvalue weighted by molar-refractivity contribution is -0.389. The minimum Gasteiger partial charge on any atom is -0.404 e. The van der Waals surface area contributed by atoms with Gasteiger partial charge in [-0.25, -0.2) is 13.2 Å². The quantitative estimate of drug-likeness (QED) is 0.439. The van der Waals surface area contributed by atoms with Crippen LogP contribution in [0.5, 0.6) is 0 Å². The largest absolute Gasteiger partial charge is 0.404 e. The molecule has 21 heavy (non-hydrogen) atoms. The zero-order chi connectivity index (χ0) is 16.4. The summed E-state index contributed by atoms with van der Waals surface area (Å²) in [6.07, 6.45) is -3.02. The lowest BCUT2D eigenvalue weighted by Crippen LogP contribution is -2.53. The highest BCUT2D eigenvalue weighted by Crippen LogP contribution is 2.31. The summed E-state index contributed by atoms with van der Waals surface area (Å²) < 4.78 is 47.2. The van der Waals surface area contributed by atoms with Crippen molar-refractivity contribution in [3.63, 3.8) is 0 Å². The molecule has 0 saturated carbocycles. The minimum atomic E-state index is -3.02. The SMILES string of the molecule is CC(O[Si](C)(C)C)(C(F)F)C(F)Cn1cnc([N+](=O)[O-])c1. The molecule has 2 unspecified atom stereocenters. The third-order valence-corrected chi connectivity index (χ3v) is 3.81. The van der Waals surface area contributed by atoms with E-state index in [2.05, 4.69) is 4.98 Å². The summed E-state index contributed by atoms with van der Waals surface area (Å²) >= 11 is 0. The van der Waals surface area contributed by atoms with Gasteiger partial charge in [-0.2, -0.15) is 0 Å². The topological polar surface area (TPSA) is 70.2 Å². The van der Waals surface area contributed by atoms with Crippen LogP contribution in [0.15, 0.2) is 12.5 Å². The van der Waals surface area contributed by atoms with Crippen molar-refractivity contribution >= 4 is 14.1 Å². The van der Waals surface area contributed by atoms with E-state index in [1.54, 1.807) is 19.6 Å². The molecule has 0 aromatic carbocycles. The van der Waals surface area contributed by atoms with E-state index in [-0.39, 0.29) is 0 Å². The summed E-state index contributed by atoms with van der Waals surface area (Å²) in [6.45, 7) is 5.57. The molecule has 0 aliphatic rings. The molecule has 0 N–H and O–H groups in total. The monoisotopic (exact) mass is 325 g/mol. The first-order chi connectivity index (χ1) is 9.45. The fourth-order valence-corrected chi connectivity index (χ4v) is 3.35. The second-order valence-electron chi connectivity index (χ2n) is 5.85. The van der Waals surface area contributed by atoms with E-state index in [1.165, 1.54) is 0 Å². The summed E-state index contributed by atoms with van der Waals surface area (Å²) in [4.78, 5) is 13.2. The molecule has 0 aliphatic heterocycles. The summed E-state index contributed by atoms with van der Waals surface area (Å²) in [5.74, 6) is -0.466. The van der Waals surface area contributed by atoms with Crippen LogP contribution in [0.2, 0.25) is 19.6 Å². The molecule has 1 aromatic heterocycles. The molecule has 0 saturated heterocycles. The van der Waals surface area contributed by atoms with Gasteiger partial charge in [-0.1, -0.05) is 0 Å². The maximum Gasteiger partial charge on any atom is 0.381 e. The second-order valence-corrected chi connectivity index (χ2v) is 10.3. The summed E-state index contributed by atoms with van der Waals surface area (Å²) in [5, 5.41) is 10.5. The van der Waals surface area contributed by atoms with E-state index in [4.69, 9.17) is 4.43 Å². The predicted molar refractivity (Wildman–Crippen MR) is 72.6 cm³/mol. The van der Waals surface area contributed by atoms with Crippen molar-refractivity contribution in [3.05, 3.63) is 22.6 Å². The van der Waals surface area contributed by atoms with Crippen LogP contribution in [0.3, 0.4) is 0 Å². The van der Waals surface area contributed by atoms with Gasteiger partial charge in [0.1, 0.15) is 11.8 Å². The number of aromatic nitrogens is 2. The third-order valence-electron chi connectivity index (χ3n) is 2.76. The molecule has 6 nitrogen and oxygen atoms in total. The molecule has 0 amide bonds. The van der Waals surface area contributed by atoms with Crippen molar-refractivity contribution in [1.29, 1.82) is 0 Å². The van der Waals surface area contributed by atoms with Gasteiger partial charge >= 0.3 is 5.82 Å². The van der Waals surface area contributed by atoms with Gasteiger partial charge in [0.05, 0.1) is 6.54 Å². The lowest BCUT2D eigenvalue weighted by Gasteiger charge is -2.37. The molecule has 0 bridgehead atoms. The van der Waals surface area contributed by atoms with Crippen LogP contribution < -0.4 is 0 Å². The Morgan fingerprint density at radius 2 is 2.05 bits per heavy atom. The molecule has 1 heterocycles. The van der Waals surface area contributed by atoms with Gasteiger partial charge in [-0.15, -0.1) is 0 Å². The first-order valence-corrected chi connectivity index (χ1v) is 9.65.